The van der Waals surface area contributed by atoms with Crippen molar-refractivity contribution in [1.82, 2.24) is 19.5 Å². The number of fused-ring (bicyclic) bond motifs is 1. The first-order valence-electron chi connectivity index (χ1n) is 13.2. The van der Waals surface area contributed by atoms with E-state index in [2.05, 4.69) is 81.6 Å². The molecule has 3 aromatic carbocycles. The molecule has 2 aromatic heterocycles. The number of anilines is 1. The van der Waals surface area contributed by atoms with Crippen LogP contribution in [0.3, 0.4) is 0 Å². The molecular formula is C32H31N5O2. The molecule has 5 aromatic rings. The molecule has 0 aliphatic heterocycles. The number of aromatic nitrogens is 4. The van der Waals surface area contributed by atoms with E-state index >= 15 is 0 Å². The molecule has 6 rings (SSSR count). The number of methoxy groups -OCH3 is 1. The van der Waals surface area contributed by atoms with Gasteiger partial charge in [0.1, 0.15) is 23.1 Å². The highest BCUT2D eigenvalue weighted by molar-refractivity contribution is 5.84. The zero-order chi connectivity index (χ0) is 26.7. The molecule has 0 fully saturated rings. The third kappa shape index (κ3) is 4.55. The van der Waals surface area contributed by atoms with Crippen LogP contribution >= 0.6 is 0 Å². The van der Waals surface area contributed by atoms with Crippen LogP contribution < -0.4 is 10.1 Å². The molecule has 2 N–H and O–H groups in total. The Morgan fingerprint density at radius 1 is 0.897 bits per heavy atom. The van der Waals surface area contributed by atoms with Crippen LogP contribution in [0.2, 0.25) is 0 Å². The minimum atomic E-state index is -0.760. The summed E-state index contributed by atoms with van der Waals surface area (Å²) in [6, 6.07) is 29.2. The molecule has 7 nitrogen and oxygen atoms in total. The first-order chi connectivity index (χ1) is 19.2. The normalized spacial score (nSPS) is 15.6. The lowest BCUT2D eigenvalue weighted by Gasteiger charge is -2.37. The molecule has 0 radical (unpaired) electrons. The first-order valence-corrected chi connectivity index (χ1v) is 13.2. The second-order valence-corrected chi connectivity index (χ2v) is 9.83. The van der Waals surface area contributed by atoms with Gasteiger partial charge < -0.3 is 19.7 Å². The van der Waals surface area contributed by atoms with Crippen molar-refractivity contribution < 1.29 is 9.84 Å². The second kappa shape index (κ2) is 10.7. The maximum Gasteiger partial charge on any atom is 0.165 e. The summed E-state index contributed by atoms with van der Waals surface area (Å²) < 4.78 is 7.62. The summed E-state index contributed by atoms with van der Waals surface area (Å²) in [5.41, 5.74) is 5.04. The van der Waals surface area contributed by atoms with Crippen molar-refractivity contribution in [3.8, 4) is 5.75 Å². The van der Waals surface area contributed by atoms with E-state index in [1.54, 1.807) is 13.4 Å². The summed E-state index contributed by atoms with van der Waals surface area (Å²) in [7, 11) is 1.68. The number of rotatable bonds is 8. The van der Waals surface area contributed by atoms with Crippen LogP contribution in [0.1, 0.15) is 42.0 Å². The fourth-order valence-corrected chi connectivity index (χ4v) is 5.59. The molecule has 2 heterocycles. The number of benzene rings is 3. The number of allylic oxidation sites excluding steroid dienone is 1. The van der Waals surface area contributed by atoms with E-state index in [1.165, 1.54) is 0 Å². The predicted octanol–water partition coefficient (Wildman–Crippen LogP) is 5.88. The smallest absolute Gasteiger partial charge is 0.165 e. The van der Waals surface area contributed by atoms with Gasteiger partial charge in [-0.1, -0.05) is 78.9 Å². The maximum atomic E-state index is 9.51. The van der Waals surface area contributed by atoms with Crippen molar-refractivity contribution in [3.63, 3.8) is 0 Å². The summed E-state index contributed by atoms with van der Waals surface area (Å²) in [6.07, 6.45) is 8.27. The van der Waals surface area contributed by atoms with E-state index in [1.807, 2.05) is 30.6 Å². The van der Waals surface area contributed by atoms with Crippen molar-refractivity contribution in [3.05, 3.63) is 126 Å². The van der Waals surface area contributed by atoms with Gasteiger partial charge in [0.2, 0.25) is 0 Å². The minimum absolute atomic E-state index is 0.125. The van der Waals surface area contributed by atoms with E-state index in [-0.39, 0.29) is 12.6 Å². The van der Waals surface area contributed by atoms with E-state index < -0.39 is 5.54 Å². The van der Waals surface area contributed by atoms with Crippen LogP contribution in [0.4, 0.5) is 5.82 Å². The number of aliphatic hydroxyl groups excluding tert-OH is 1. The van der Waals surface area contributed by atoms with Crippen LogP contribution in [0.15, 0.2) is 109 Å². The van der Waals surface area contributed by atoms with Gasteiger partial charge in [-0.2, -0.15) is 0 Å². The third-order valence-electron chi connectivity index (χ3n) is 7.68. The van der Waals surface area contributed by atoms with E-state index in [9.17, 15) is 5.11 Å². The van der Waals surface area contributed by atoms with Crippen LogP contribution in [0, 0.1) is 0 Å². The molecule has 1 atom stereocenters. The topological polar surface area (TPSA) is 85.1 Å². The van der Waals surface area contributed by atoms with Gasteiger partial charge in [0.05, 0.1) is 20.0 Å². The Kier molecular flexibility index (Phi) is 6.82. The number of nitrogens with zero attached hydrogens (tertiary/aromatic N) is 4. The molecule has 1 aliphatic carbocycles. The van der Waals surface area contributed by atoms with Crippen LogP contribution in [-0.4, -0.2) is 38.3 Å². The van der Waals surface area contributed by atoms with Crippen molar-refractivity contribution in [2.45, 2.75) is 30.8 Å². The van der Waals surface area contributed by atoms with Gasteiger partial charge >= 0.3 is 0 Å². The van der Waals surface area contributed by atoms with Gasteiger partial charge in [-0.15, -0.1) is 0 Å². The zero-order valence-corrected chi connectivity index (χ0v) is 21.9. The number of aliphatic hydroxyl groups is 1. The fraction of sp³-hybridized carbons (Fsp3) is 0.219. The zero-order valence-electron chi connectivity index (χ0n) is 21.9. The van der Waals surface area contributed by atoms with Gasteiger partial charge in [-0.25, -0.2) is 15.0 Å². The van der Waals surface area contributed by atoms with Crippen LogP contribution in [0.5, 0.6) is 5.75 Å². The molecule has 1 aliphatic rings. The van der Waals surface area contributed by atoms with Gasteiger partial charge in [-0.3, -0.25) is 0 Å². The van der Waals surface area contributed by atoms with Crippen LogP contribution in [-0.2, 0) is 5.54 Å². The lowest BCUT2D eigenvalue weighted by molar-refractivity contribution is 0.316. The summed E-state index contributed by atoms with van der Waals surface area (Å²) >= 11 is 0. The third-order valence-corrected chi connectivity index (χ3v) is 7.68. The molecule has 39 heavy (non-hydrogen) atoms. The van der Waals surface area contributed by atoms with Crippen molar-refractivity contribution in [2.75, 3.05) is 19.0 Å². The summed E-state index contributed by atoms with van der Waals surface area (Å²) in [4.78, 5) is 14.2. The molecule has 0 saturated carbocycles. The average Bonchev–Trinajstić information content (AvgIpc) is 3.46. The largest absolute Gasteiger partial charge is 0.497 e. The first kappa shape index (κ1) is 24.8. The maximum absolute atomic E-state index is 9.51. The van der Waals surface area contributed by atoms with E-state index in [0.29, 0.717) is 5.82 Å². The van der Waals surface area contributed by atoms with Gasteiger partial charge in [0.15, 0.2) is 11.5 Å². The Morgan fingerprint density at radius 3 is 2.15 bits per heavy atom. The average molecular weight is 518 g/mol. The van der Waals surface area contributed by atoms with Gasteiger partial charge in [-0.05, 0) is 53.7 Å². The van der Waals surface area contributed by atoms with E-state index in [0.717, 1.165) is 58.4 Å². The van der Waals surface area contributed by atoms with Crippen LogP contribution in [0.25, 0.3) is 11.2 Å². The molecular weight excluding hydrogens is 486 g/mol. The molecule has 1 unspecified atom stereocenters. The Morgan fingerprint density at radius 2 is 1.56 bits per heavy atom. The van der Waals surface area contributed by atoms with Gasteiger partial charge in [0.25, 0.3) is 0 Å². The minimum Gasteiger partial charge on any atom is -0.497 e. The number of hydrogen-bond acceptors (Lipinski definition) is 6. The lowest BCUT2D eigenvalue weighted by Crippen LogP contribution is -2.38. The Hall–Kier alpha value is -4.49. The van der Waals surface area contributed by atoms with Crippen molar-refractivity contribution in [1.29, 1.82) is 0 Å². The molecule has 0 spiro atoms. The Bertz CT molecular complexity index is 1540. The molecule has 0 saturated heterocycles. The van der Waals surface area contributed by atoms with Gasteiger partial charge in [0, 0.05) is 6.04 Å². The SMILES string of the molecule is COc1ccc(C(Nc2ncnc3c2ncn3C2CC=C(CO)CC2)(c2ccccc2)c2ccccc2)cc1. The molecule has 0 bridgehead atoms. The summed E-state index contributed by atoms with van der Waals surface area (Å²) in [5, 5.41) is 13.4. The monoisotopic (exact) mass is 517 g/mol. The standard InChI is InChI=1S/C32H31N5O2/c1-39-28-18-14-26(15-19-28)32(24-8-4-2-5-9-24,25-10-6-3-7-11-25)36-30-29-31(34-21-33-30)37(22-35-29)27-16-12-23(20-38)13-17-27/h2-12,14-15,18-19,21-22,27,38H,13,16-17,20H2,1H3,(H,33,34,36). The van der Waals surface area contributed by atoms with Crippen molar-refractivity contribution >= 4 is 17.0 Å². The summed E-state index contributed by atoms with van der Waals surface area (Å²) in [5.74, 6) is 1.45. The highest BCUT2D eigenvalue weighted by Gasteiger charge is 2.37. The number of imidazole rings is 1. The summed E-state index contributed by atoms with van der Waals surface area (Å²) in [6.45, 7) is 0.125. The predicted molar refractivity (Wildman–Crippen MR) is 153 cm³/mol. The fourth-order valence-electron chi connectivity index (χ4n) is 5.59. The highest BCUT2D eigenvalue weighted by atomic mass is 16.5. The number of ether oxygens (including phenoxy) is 1. The second-order valence-electron chi connectivity index (χ2n) is 9.83. The quantitative estimate of drug-likeness (QED) is 0.197. The Labute approximate surface area is 227 Å². The van der Waals surface area contributed by atoms with E-state index in [4.69, 9.17) is 14.7 Å². The number of nitrogens with one attached hydrogen (secondary N) is 1. The lowest BCUT2D eigenvalue weighted by atomic mass is 9.77. The molecule has 7 heteroatoms. The Balaban J connectivity index is 1.51. The molecule has 196 valence electrons. The van der Waals surface area contributed by atoms with Crippen molar-refractivity contribution in [2.24, 2.45) is 0 Å². The molecule has 0 amide bonds. The highest BCUT2D eigenvalue weighted by Crippen LogP contribution is 2.41. The number of hydrogen-bond donors (Lipinski definition) is 2.